The van der Waals surface area contributed by atoms with Gasteiger partial charge in [0.2, 0.25) is 11.9 Å². The van der Waals surface area contributed by atoms with E-state index in [2.05, 4.69) is 69.7 Å². The van der Waals surface area contributed by atoms with Gasteiger partial charge in [-0.15, -0.1) is 0 Å². The zero-order chi connectivity index (χ0) is 54.4. The number of hydrogen-bond donors (Lipinski definition) is 3. The number of aromatic nitrogens is 2. The maximum atomic E-state index is 13.5. The van der Waals surface area contributed by atoms with Gasteiger partial charge in [0.1, 0.15) is 22.9 Å². The smallest absolute Gasteiger partial charge is 0.367 e. The Kier molecular flexibility index (Phi) is 17.4. The number of para-hydroxylation sites is 2. The summed E-state index contributed by atoms with van der Waals surface area (Å²) in [5, 5.41) is 10.1. The summed E-state index contributed by atoms with van der Waals surface area (Å²) in [5.74, 6) is 3.17. The van der Waals surface area contributed by atoms with Crippen LogP contribution in [-0.4, -0.2) is 80.8 Å². The quantitative estimate of drug-likeness (QED) is 0.0887. The molecule has 0 radical (unpaired) electrons. The molecule has 10 rings (SSSR count). The van der Waals surface area contributed by atoms with Gasteiger partial charge in [0.05, 0.1) is 41.6 Å². The molecule has 2 aromatic heterocycles. The lowest BCUT2D eigenvalue weighted by Gasteiger charge is -2.39. The first-order valence-corrected chi connectivity index (χ1v) is 25.9. The van der Waals surface area contributed by atoms with Gasteiger partial charge in [-0.1, -0.05) is 110 Å². The number of hydrogen-bond acceptors (Lipinski definition) is 10. The minimum absolute atomic E-state index is 0.146. The highest BCUT2D eigenvalue weighted by atomic mass is 19.4. The standard InChI is InChI=1S/C28H32F3N5.C25H25F3N6O.2C2H6/c1-5-24-25-22(16-34(4)27-33-23(18(2)3)17-36(25)27)26(32-21-9-7-6-8-10-21)35(24)15-19-11-13-20(14-12-19)28(29,30)31;1-15-21(23(35)33(2)24-32-18-9-6-10-19(18)34(15)24)22(31-17-7-4-3-5-8-17)30-14-16-11-12-20(29-13-16)25(26,27)28;2*1-2/h6-14,18,23,32H,5,15-17H2,1-4H3;3-5,7-8,11-13,18-19,30-31H,1,6,9-10,14H2,2H3;2*1-2H3/b;22-21-;;. The van der Waals surface area contributed by atoms with Crippen LogP contribution in [0.3, 0.4) is 0 Å². The summed E-state index contributed by atoms with van der Waals surface area (Å²) < 4.78 is 80.3. The van der Waals surface area contributed by atoms with Gasteiger partial charge in [0, 0.05) is 62.6 Å². The molecule has 5 aliphatic rings. The molecule has 75 heavy (non-hydrogen) atoms. The molecular weight excluding hydrogens is 969 g/mol. The van der Waals surface area contributed by atoms with Gasteiger partial charge in [0.25, 0.3) is 5.91 Å². The number of alkyl halides is 6. The number of pyridine rings is 1. The Hall–Kier alpha value is -7.24. The van der Waals surface area contributed by atoms with Crippen LogP contribution in [0.4, 0.5) is 49.2 Å². The summed E-state index contributed by atoms with van der Waals surface area (Å²) in [5.41, 5.74) is 5.94. The van der Waals surface area contributed by atoms with Crippen LogP contribution >= 0.6 is 0 Å². The van der Waals surface area contributed by atoms with Crippen LogP contribution in [0.1, 0.15) is 101 Å². The molecular formula is C57H69F6N11O. The van der Waals surface area contributed by atoms with Crippen LogP contribution in [0.5, 0.6) is 0 Å². The summed E-state index contributed by atoms with van der Waals surface area (Å²) in [6.07, 6.45) is -3.86. The molecule has 1 aliphatic carbocycles. The number of guanidine groups is 2. The number of halogens is 6. The maximum Gasteiger partial charge on any atom is 0.433 e. The zero-order valence-electron chi connectivity index (χ0n) is 44.2. The van der Waals surface area contributed by atoms with Crippen molar-refractivity contribution in [3.63, 3.8) is 0 Å². The van der Waals surface area contributed by atoms with E-state index in [4.69, 9.17) is 9.98 Å². The highest BCUT2D eigenvalue weighted by Crippen LogP contribution is 2.44. The number of carbonyl (C=O) groups excluding carboxylic acids is 1. The number of benzene rings is 3. The second-order valence-corrected chi connectivity index (χ2v) is 18.8. The zero-order valence-corrected chi connectivity index (χ0v) is 44.2. The van der Waals surface area contributed by atoms with Crippen LogP contribution in [0.2, 0.25) is 0 Å². The lowest BCUT2D eigenvalue weighted by Crippen LogP contribution is -2.53. The molecule has 18 heteroatoms. The number of carbonyl (C=O) groups is 1. The molecule has 3 atom stereocenters. The first-order chi connectivity index (χ1) is 35.9. The number of anilines is 4. The molecule has 12 nitrogen and oxygen atoms in total. The molecule has 400 valence electrons. The molecule has 3 N–H and O–H groups in total. The SMILES string of the molecule is C=C1/C(=C(\NCc2ccc(C(F)(F)F)nc2)Nc2ccccc2)C(=O)N(C)C2=NC3CCCC3N12.CC.CC.CCc1c2c(c(Nc3ccccc3)n1Cc1ccc(C(F)(F)F)cc1)CN(C)C1=NC(C(C)C)CN12. The third-order valence-corrected chi connectivity index (χ3v) is 13.7. The van der Waals surface area contributed by atoms with Crippen molar-refractivity contribution in [2.45, 2.75) is 124 Å². The molecule has 3 unspecified atom stereocenters. The van der Waals surface area contributed by atoms with Gasteiger partial charge in [0.15, 0.2) is 0 Å². The molecule has 6 heterocycles. The Bertz CT molecular complexity index is 2860. The fourth-order valence-corrected chi connectivity index (χ4v) is 9.99. The molecule has 1 saturated carbocycles. The Morgan fingerprint density at radius 2 is 1.44 bits per heavy atom. The van der Waals surface area contributed by atoms with E-state index >= 15 is 0 Å². The summed E-state index contributed by atoms with van der Waals surface area (Å²) in [6.45, 7) is 21.0. The molecule has 0 bridgehead atoms. The lowest BCUT2D eigenvalue weighted by molar-refractivity contribution is -0.141. The number of nitrogens with one attached hydrogen (secondary N) is 3. The van der Waals surface area contributed by atoms with E-state index in [-0.39, 0.29) is 30.6 Å². The van der Waals surface area contributed by atoms with E-state index in [9.17, 15) is 31.1 Å². The Labute approximate surface area is 436 Å². The number of nitrogens with zero attached hydrogens (tertiary/aromatic N) is 8. The minimum Gasteiger partial charge on any atom is -0.367 e. The number of rotatable bonds is 11. The number of fused-ring (bicyclic) bond motifs is 6. The highest BCUT2D eigenvalue weighted by Gasteiger charge is 2.48. The van der Waals surface area contributed by atoms with E-state index in [0.717, 1.165) is 72.7 Å². The first kappa shape index (κ1) is 55.5. The van der Waals surface area contributed by atoms with E-state index in [1.54, 1.807) is 19.2 Å². The molecule has 4 aliphatic heterocycles. The maximum absolute atomic E-state index is 13.5. The first-order valence-electron chi connectivity index (χ1n) is 25.9. The second-order valence-electron chi connectivity index (χ2n) is 18.8. The highest BCUT2D eigenvalue weighted by molar-refractivity contribution is 6.13. The number of likely N-dealkylation sites (N-methyl/N-ethyl adjacent to an activating group) is 1. The number of amides is 1. The van der Waals surface area contributed by atoms with Crippen LogP contribution in [0.25, 0.3) is 0 Å². The largest absolute Gasteiger partial charge is 0.433 e. The van der Waals surface area contributed by atoms with Gasteiger partial charge < -0.3 is 35.2 Å². The predicted octanol–water partition coefficient (Wildman–Crippen LogP) is 12.7. The van der Waals surface area contributed by atoms with E-state index in [1.807, 2.05) is 93.3 Å². The Balaban J connectivity index is 0.000000205. The van der Waals surface area contributed by atoms with Crippen molar-refractivity contribution in [1.29, 1.82) is 0 Å². The van der Waals surface area contributed by atoms with Gasteiger partial charge in [-0.25, -0.2) is 9.98 Å². The van der Waals surface area contributed by atoms with Gasteiger partial charge in [-0.2, -0.15) is 26.3 Å². The normalized spacial score (nSPS) is 19.3. The van der Waals surface area contributed by atoms with Gasteiger partial charge in [-0.05, 0) is 85.2 Å². The van der Waals surface area contributed by atoms with Crippen molar-refractivity contribution in [2.75, 3.05) is 36.2 Å². The Morgan fingerprint density at radius 3 is 2.03 bits per heavy atom. The Morgan fingerprint density at radius 1 is 0.800 bits per heavy atom. The van der Waals surface area contributed by atoms with Crippen molar-refractivity contribution in [3.05, 3.63) is 161 Å². The summed E-state index contributed by atoms with van der Waals surface area (Å²) in [4.78, 5) is 34.9. The molecule has 3 aromatic carbocycles. The van der Waals surface area contributed by atoms with Crippen LogP contribution < -0.4 is 20.9 Å². The third kappa shape index (κ3) is 11.8. The fourth-order valence-electron chi connectivity index (χ4n) is 9.99. The van der Waals surface area contributed by atoms with E-state index in [1.165, 1.54) is 40.5 Å². The summed E-state index contributed by atoms with van der Waals surface area (Å²) in [7, 11) is 3.77. The van der Waals surface area contributed by atoms with Crippen molar-refractivity contribution >= 4 is 40.7 Å². The second kappa shape index (κ2) is 23.5. The molecule has 5 aromatic rings. The molecule has 0 spiro atoms. The van der Waals surface area contributed by atoms with Crippen LogP contribution in [0.15, 0.2) is 137 Å². The molecule has 1 saturated heterocycles. The number of aliphatic imine (C=N–C) groups is 2. The van der Waals surface area contributed by atoms with Crippen LogP contribution in [0, 0.1) is 5.92 Å². The topological polar surface area (TPSA) is 109 Å². The van der Waals surface area contributed by atoms with Gasteiger partial charge >= 0.3 is 12.4 Å². The van der Waals surface area contributed by atoms with E-state index < -0.39 is 23.6 Å². The fraction of sp³-hybridized carbons (Fsp3) is 0.404. The van der Waals surface area contributed by atoms with Crippen molar-refractivity contribution in [1.82, 2.24) is 29.6 Å². The average Bonchev–Trinajstić information content (AvgIpc) is 4.23. The van der Waals surface area contributed by atoms with Crippen LogP contribution in [-0.2, 0) is 43.2 Å². The van der Waals surface area contributed by atoms with Crippen molar-refractivity contribution < 1.29 is 31.1 Å². The monoisotopic (exact) mass is 1040 g/mol. The lowest BCUT2D eigenvalue weighted by atomic mass is 10.0. The molecule has 2 fully saturated rings. The third-order valence-electron chi connectivity index (χ3n) is 13.7. The summed E-state index contributed by atoms with van der Waals surface area (Å²) >= 11 is 0. The average molecular weight is 1040 g/mol. The minimum atomic E-state index is -4.50. The van der Waals surface area contributed by atoms with Crippen molar-refractivity contribution in [2.24, 2.45) is 15.9 Å². The van der Waals surface area contributed by atoms with E-state index in [0.29, 0.717) is 47.6 Å². The molecule has 1 amide bonds. The predicted molar refractivity (Wildman–Crippen MR) is 287 cm³/mol. The van der Waals surface area contributed by atoms with Gasteiger partial charge in [-0.3, -0.25) is 14.7 Å². The summed E-state index contributed by atoms with van der Waals surface area (Å²) in [6, 6.07) is 27.7. The van der Waals surface area contributed by atoms with Crippen molar-refractivity contribution in [3.8, 4) is 0 Å².